The Morgan fingerprint density at radius 2 is 1.76 bits per heavy atom. The van der Waals surface area contributed by atoms with Gasteiger partial charge in [0, 0.05) is 18.8 Å². The average molecular weight is 470 g/mol. The SMILES string of the molecule is CCOC(=O)C(C(=O)OCC)c1nc2ncnn2c(N2CCC(C)CC2)c1-n1nc(C)cc1C. The Balaban J connectivity index is 2.04. The molecule has 0 amide bonds. The lowest BCUT2D eigenvalue weighted by molar-refractivity contribution is -0.157. The minimum absolute atomic E-state index is 0.119. The molecule has 0 radical (unpaired) electrons. The first kappa shape index (κ1) is 23.7. The Hall–Kier alpha value is -3.50. The Labute approximate surface area is 198 Å². The average Bonchev–Trinajstić information content (AvgIpc) is 3.39. The van der Waals surface area contributed by atoms with Crippen molar-refractivity contribution in [3.63, 3.8) is 0 Å². The van der Waals surface area contributed by atoms with Crippen molar-refractivity contribution in [2.75, 3.05) is 31.2 Å². The molecule has 0 aromatic carbocycles. The lowest BCUT2D eigenvalue weighted by atomic mass is 9.98. The molecule has 1 aliphatic rings. The molecular weight excluding hydrogens is 438 g/mol. The second-order valence-electron chi connectivity index (χ2n) is 8.59. The number of aryl methyl sites for hydroxylation is 2. The summed E-state index contributed by atoms with van der Waals surface area (Å²) in [7, 11) is 0. The molecule has 0 N–H and O–H groups in total. The largest absolute Gasteiger partial charge is 0.465 e. The van der Waals surface area contributed by atoms with Crippen LogP contribution in [-0.2, 0) is 19.1 Å². The molecule has 0 saturated carbocycles. The minimum atomic E-state index is -1.39. The van der Waals surface area contributed by atoms with Crippen LogP contribution in [-0.4, -0.2) is 67.6 Å². The highest BCUT2D eigenvalue weighted by Gasteiger charge is 2.39. The number of fused-ring (bicyclic) bond motifs is 1. The summed E-state index contributed by atoms with van der Waals surface area (Å²) in [6.07, 6.45) is 3.42. The number of esters is 2. The maximum atomic E-state index is 13.1. The number of hydrogen-bond acceptors (Lipinski definition) is 9. The Bertz CT molecular complexity index is 1180. The lowest BCUT2D eigenvalue weighted by Gasteiger charge is -2.34. The van der Waals surface area contributed by atoms with Crippen LogP contribution in [0.25, 0.3) is 11.5 Å². The summed E-state index contributed by atoms with van der Waals surface area (Å²) in [4.78, 5) is 37.3. The van der Waals surface area contributed by atoms with E-state index in [4.69, 9.17) is 9.47 Å². The van der Waals surface area contributed by atoms with Crippen molar-refractivity contribution < 1.29 is 19.1 Å². The molecule has 1 fully saturated rings. The van der Waals surface area contributed by atoms with Gasteiger partial charge in [0.25, 0.3) is 5.78 Å². The van der Waals surface area contributed by atoms with E-state index in [1.807, 2.05) is 19.9 Å². The van der Waals surface area contributed by atoms with Crippen LogP contribution >= 0.6 is 0 Å². The van der Waals surface area contributed by atoms with Crippen molar-refractivity contribution in [2.24, 2.45) is 5.92 Å². The normalized spacial score (nSPS) is 14.7. The fraction of sp³-hybridized carbons (Fsp3) is 0.565. The molecule has 0 atom stereocenters. The van der Waals surface area contributed by atoms with Crippen molar-refractivity contribution in [3.05, 3.63) is 29.5 Å². The van der Waals surface area contributed by atoms with Gasteiger partial charge in [0.2, 0.25) is 0 Å². The molecule has 34 heavy (non-hydrogen) atoms. The van der Waals surface area contributed by atoms with E-state index in [1.54, 1.807) is 23.0 Å². The van der Waals surface area contributed by atoms with Crippen molar-refractivity contribution >= 4 is 23.5 Å². The van der Waals surface area contributed by atoms with Gasteiger partial charge in [-0.05, 0) is 52.5 Å². The van der Waals surface area contributed by atoms with Gasteiger partial charge in [-0.2, -0.15) is 19.7 Å². The zero-order chi connectivity index (χ0) is 24.4. The minimum Gasteiger partial charge on any atom is -0.465 e. The fourth-order valence-electron chi connectivity index (χ4n) is 4.37. The molecule has 1 saturated heterocycles. The van der Waals surface area contributed by atoms with Gasteiger partial charge in [0.15, 0.2) is 11.7 Å². The van der Waals surface area contributed by atoms with Crippen LogP contribution < -0.4 is 4.90 Å². The van der Waals surface area contributed by atoms with Crippen molar-refractivity contribution in [1.29, 1.82) is 0 Å². The van der Waals surface area contributed by atoms with Gasteiger partial charge >= 0.3 is 11.9 Å². The maximum Gasteiger partial charge on any atom is 0.326 e. The van der Waals surface area contributed by atoms with Crippen LogP contribution in [0.1, 0.15) is 56.6 Å². The van der Waals surface area contributed by atoms with E-state index in [9.17, 15) is 9.59 Å². The Morgan fingerprint density at radius 1 is 1.12 bits per heavy atom. The number of aromatic nitrogens is 6. The zero-order valence-electron chi connectivity index (χ0n) is 20.3. The van der Waals surface area contributed by atoms with Gasteiger partial charge in [-0.1, -0.05) is 6.92 Å². The first-order valence-corrected chi connectivity index (χ1v) is 11.7. The third-order valence-corrected chi connectivity index (χ3v) is 6.03. The van der Waals surface area contributed by atoms with Gasteiger partial charge in [-0.3, -0.25) is 9.59 Å². The highest BCUT2D eigenvalue weighted by atomic mass is 16.6. The second kappa shape index (κ2) is 9.78. The number of anilines is 1. The van der Waals surface area contributed by atoms with Gasteiger partial charge < -0.3 is 14.4 Å². The highest BCUT2D eigenvalue weighted by molar-refractivity contribution is 6.01. The summed E-state index contributed by atoms with van der Waals surface area (Å²) in [5, 5.41) is 9.11. The van der Waals surface area contributed by atoms with Gasteiger partial charge in [0.05, 0.1) is 24.6 Å². The van der Waals surface area contributed by atoms with Crippen LogP contribution in [0.5, 0.6) is 0 Å². The number of carbonyl (C=O) groups is 2. The Morgan fingerprint density at radius 3 is 2.32 bits per heavy atom. The van der Waals surface area contributed by atoms with E-state index in [0.717, 1.165) is 37.3 Å². The summed E-state index contributed by atoms with van der Waals surface area (Å²) in [5.74, 6) is -1.26. The molecule has 4 rings (SSSR count). The summed E-state index contributed by atoms with van der Waals surface area (Å²) in [6, 6.07) is 1.93. The molecule has 3 aromatic rings. The first-order chi connectivity index (χ1) is 16.3. The summed E-state index contributed by atoms with van der Waals surface area (Å²) in [6.45, 7) is 11.2. The van der Waals surface area contributed by atoms with Gasteiger partial charge in [0.1, 0.15) is 12.0 Å². The number of carbonyl (C=O) groups excluding carboxylic acids is 2. The summed E-state index contributed by atoms with van der Waals surface area (Å²) in [5.41, 5.74) is 2.32. The molecule has 11 nitrogen and oxygen atoms in total. The first-order valence-electron chi connectivity index (χ1n) is 11.7. The topological polar surface area (TPSA) is 117 Å². The molecule has 182 valence electrons. The van der Waals surface area contributed by atoms with Crippen molar-refractivity contribution in [3.8, 4) is 5.69 Å². The van der Waals surface area contributed by atoms with Crippen LogP contribution in [0.2, 0.25) is 0 Å². The van der Waals surface area contributed by atoms with E-state index in [-0.39, 0.29) is 24.7 Å². The predicted octanol–water partition coefficient (Wildman–Crippen LogP) is 2.37. The van der Waals surface area contributed by atoms with Crippen LogP contribution in [0.4, 0.5) is 5.82 Å². The Kier molecular flexibility index (Phi) is 6.80. The summed E-state index contributed by atoms with van der Waals surface area (Å²) < 4.78 is 13.9. The molecule has 3 aromatic heterocycles. The maximum absolute atomic E-state index is 13.1. The number of ether oxygens (including phenoxy) is 2. The standard InChI is InChI=1S/C23H31N7O4/c1-6-33-21(31)17(22(32)34-7-2)18-19(29-16(5)12-15(4)27-29)20(28-10-8-14(3)9-11-28)30-23(26-18)24-13-25-30/h12-14,17H,6-11H2,1-5H3. The molecule has 0 aliphatic carbocycles. The quantitative estimate of drug-likeness (QED) is 0.380. The smallest absolute Gasteiger partial charge is 0.326 e. The number of nitrogens with zero attached hydrogens (tertiary/aromatic N) is 7. The third-order valence-electron chi connectivity index (χ3n) is 6.03. The molecular formula is C23H31N7O4. The van der Waals surface area contributed by atoms with Crippen molar-refractivity contribution in [2.45, 2.75) is 53.4 Å². The molecule has 11 heteroatoms. The van der Waals surface area contributed by atoms with Crippen LogP contribution in [0.3, 0.4) is 0 Å². The van der Waals surface area contributed by atoms with E-state index >= 15 is 0 Å². The molecule has 0 bridgehead atoms. The van der Waals surface area contributed by atoms with Crippen LogP contribution in [0, 0.1) is 19.8 Å². The van der Waals surface area contributed by atoms with Gasteiger partial charge in [-0.25, -0.2) is 9.67 Å². The zero-order valence-corrected chi connectivity index (χ0v) is 20.3. The third kappa shape index (κ3) is 4.34. The molecule has 4 heterocycles. The highest BCUT2D eigenvalue weighted by Crippen LogP contribution is 2.35. The van der Waals surface area contributed by atoms with Crippen LogP contribution in [0.15, 0.2) is 12.4 Å². The number of rotatable bonds is 7. The molecule has 0 spiro atoms. The number of hydrogen-bond donors (Lipinski definition) is 0. The van der Waals surface area contributed by atoms with E-state index in [2.05, 4.69) is 32.0 Å². The van der Waals surface area contributed by atoms with E-state index < -0.39 is 17.9 Å². The predicted molar refractivity (Wildman–Crippen MR) is 124 cm³/mol. The number of piperidine rings is 1. The van der Waals surface area contributed by atoms with Crippen molar-refractivity contribution in [1.82, 2.24) is 29.4 Å². The molecule has 0 unspecified atom stereocenters. The monoisotopic (exact) mass is 469 g/mol. The summed E-state index contributed by atoms with van der Waals surface area (Å²) >= 11 is 0. The van der Waals surface area contributed by atoms with Gasteiger partial charge in [-0.15, -0.1) is 0 Å². The van der Waals surface area contributed by atoms with E-state index in [1.165, 1.54) is 6.33 Å². The molecule has 1 aliphatic heterocycles. The lowest BCUT2D eigenvalue weighted by Crippen LogP contribution is -2.37. The fourth-order valence-corrected chi connectivity index (χ4v) is 4.37. The van der Waals surface area contributed by atoms with E-state index in [0.29, 0.717) is 17.4 Å². The second-order valence-corrected chi connectivity index (χ2v) is 8.59.